The van der Waals surface area contributed by atoms with Crippen LogP contribution in [0.5, 0.6) is 0 Å². The van der Waals surface area contributed by atoms with Gasteiger partial charge in [0.2, 0.25) is 0 Å². The van der Waals surface area contributed by atoms with Gasteiger partial charge in [0, 0.05) is 0 Å². The van der Waals surface area contributed by atoms with Crippen LogP contribution in [0.25, 0.3) is 0 Å². The van der Waals surface area contributed by atoms with Gasteiger partial charge in [-0.05, 0) is 12.8 Å². The van der Waals surface area contributed by atoms with E-state index in [1.807, 2.05) is 0 Å². The van der Waals surface area contributed by atoms with Crippen LogP contribution in [0.1, 0.15) is 142 Å². The highest BCUT2D eigenvalue weighted by Crippen LogP contribution is 2.14. The van der Waals surface area contributed by atoms with E-state index in [2.05, 4.69) is 22.2 Å². The standard InChI is InChI=1S/C24H50O6S2/c1-3-5-7-9-11-13-15-17-19-21-23-29-31(25,26)32(27,28)30-24-22-20-18-16-14-12-10-8-6-4-2/h3-24H2,1-2H3. The first-order valence-corrected chi connectivity index (χ1v) is 16.5. The highest BCUT2D eigenvalue weighted by molar-refractivity contribution is 8.63. The zero-order valence-corrected chi connectivity index (χ0v) is 22.5. The fourth-order valence-corrected chi connectivity index (χ4v) is 5.61. The molecule has 0 aromatic rings. The van der Waals surface area contributed by atoms with Gasteiger partial charge in [-0.15, -0.1) is 0 Å². The van der Waals surface area contributed by atoms with E-state index < -0.39 is 18.3 Å². The molecule has 0 heterocycles. The number of unbranched alkanes of at least 4 members (excludes halogenated alkanes) is 18. The largest absolute Gasteiger partial charge is 0.400 e. The summed E-state index contributed by atoms with van der Waals surface area (Å²) in [6.45, 7) is 4.19. The van der Waals surface area contributed by atoms with Crippen LogP contribution in [0.15, 0.2) is 0 Å². The van der Waals surface area contributed by atoms with E-state index in [-0.39, 0.29) is 13.2 Å². The summed E-state index contributed by atoms with van der Waals surface area (Å²) < 4.78 is 56.9. The molecule has 0 aromatic carbocycles. The van der Waals surface area contributed by atoms with E-state index in [9.17, 15) is 16.8 Å². The molecule has 0 aromatic heterocycles. The van der Waals surface area contributed by atoms with E-state index in [0.717, 1.165) is 38.5 Å². The second kappa shape index (κ2) is 21.4. The third-order valence-corrected chi connectivity index (χ3v) is 9.19. The third-order valence-electron chi connectivity index (χ3n) is 5.70. The van der Waals surface area contributed by atoms with E-state index in [0.29, 0.717) is 12.8 Å². The summed E-state index contributed by atoms with van der Waals surface area (Å²) in [5.41, 5.74) is 0. The van der Waals surface area contributed by atoms with Crippen LogP contribution in [-0.2, 0) is 26.7 Å². The Morgan fingerprint density at radius 1 is 0.375 bits per heavy atom. The Balaban J connectivity index is 3.70. The second-order valence-electron chi connectivity index (χ2n) is 8.82. The van der Waals surface area contributed by atoms with Crippen molar-refractivity contribution in [2.45, 2.75) is 142 Å². The molecule has 0 aliphatic rings. The number of hydrogen-bond acceptors (Lipinski definition) is 6. The molecule has 0 aliphatic heterocycles. The summed E-state index contributed by atoms with van der Waals surface area (Å²) in [5.74, 6) is 0. The van der Waals surface area contributed by atoms with Crippen LogP contribution in [0, 0.1) is 0 Å². The highest BCUT2D eigenvalue weighted by atomic mass is 33.2. The lowest BCUT2D eigenvalue weighted by molar-refractivity contribution is 0.290. The first-order valence-electron chi connectivity index (χ1n) is 13.2. The lowest BCUT2D eigenvalue weighted by atomic mass is 10.1. The molecule has 0 unspecified atom stereocenters. The Kier molecular flexibility index (Phi) is 21.2. The monoisotopic (exact) mass is 498 g/mol. The summed E-state index contributed by atoms with van der Waals surface area (Å²) in [7, 11) is -9.47. The van der Waals surface area contributed by atoms with Crippen molar-refractivity contribution < 1.29 is 25.2 Å². The van der Waals surface area contributed by atoms with Crippen LogP contribution >= 0.6 is 0 Å². The summed E-state index contributed by atoms with van der Waals surface area (Å²) in [4.78, 5) is 0. The van der Waals surface area contributed by atoms with Gasteiger partial charge in [-0.3, -0.25) is 8.37 Å². The molecule has 0 rings (SSSR count). The van der Waals surface area contributed by atoms with Crippen LogP contribution in [-0.4, -0.2) is 30.0 Å². The van der Waals surface area contributed by atoms with Gasteiger partial charge in [-0.25, -0.2) is 0 Å². The van der Waals surface area contributed by atoms with Crippen molar-refractivity contribution in [2.75, 3.05) is 13.2 Å². The maximum atomic E-state index is 11.9. The molecule has 0 saturated heterocycles. The van der Waals surface area contributed by atoms with Crippen molar-refractivity contribution in [3.05, 3.63) is 0 Å². The Morgan fingerprint density at radius 3 is 0.844 bits per heavy atom. The molecule has 0 fully saturated rings. The molecule has 32 heavy (non-hydrogen) atoms. The zero-order valence-electron chi connectivity index (χ0n) is 20.8. The predicted molar refractivity (Wildman–Crippen MR) is 133 cm³/mol. The van der Waals surface area contributed by atoms with Crippen molar-refractivity contribution in [3.63, 3.8) is 0 Å². The van der Waals surface area contributed by atoms with Crippen molar-refractivity contribution in [1.29, 1.82) is 0 Å². The van der Waals surface area contributed by atoms with Gasteiger partial charge in [-0.1, -0.05) is 129 Å². The molecule has 8 heteroatoms. The van der Waals surface area contributed by atoms with Crippen molar-refractivity contribution in [2.24, 2.45) is 0 Å². The summed E-state index contributed by atoms with van der Waals surface area (Å²) in [6, 6.07) is 0. The van der Waals surface area contributed by atoms with E-state index in [1.54, 1.807) is 0 Å². The number of rotatable bonds is 25. The minimum atomic E-state index is -4.73. The van der Waals surface area contributed by atoms with Gasteiger partial charge in [0.25, 0.3) is 0 Å². The molecule has 0 amide bonds. The molecule has 0 atom stereocenters. The lowest BCUT2D eigenvalue weighted by Crippen LogP contribution is -2.22. The molecule has 0 bridgehead atoms. The van der Waals surface area contributed by atoms with Crippen molar-refractivity contribution >= 4 is 18.3 Å². The minimum Gasteiger partial charge on any atom is -0.257 e. The van der Waals surface area contributed by atoms with Gasteiger partial charge >= 0.3 is 18.3 Å². The molecule has 0 spiro atoms. The quantitative estimate of drug-likeness (QED) is 0.0960. The molecule has 194 valence electrons. The fraction of sp³-hybridized carbons (Fsp3) is 1.00. The summed E-state index contributed by atoms with van der Waals surface area (Å²) >= 11 is 0. The smallest absolute Gasteiger partial charge is 0.257 e. The number of hydrogen-bond donors (Lipinski definition) is 0. The first kappa shape index (κ1) is 31.8. The molecule has 0 aliphatic carbocycles. The Labute approximate surface area is 198 Å². The topological polar surface area (TPSA) is 86.7 Å². The van der Waals surface area contributed by atoms with Gasteiger partial charge in [0.15, 0.2) is 0 Å². The van der Waals surface area contributed by atoms with E-state index >= 15 is 0 Å². The summed E-state index contributed by atoms with van der Waals surface area (Å²) in [6.07, 6.45) is 22.2. The average molecular weight is 499 g/mol. The minimum absolute atomic E-state index is 0.111. The van der Waals surface area contributed by atoms with Gasteiger partial charge < -0.3 is 0 Å². The average Bonchev–Trinajstić information content (AvgIpc) is 2.75. The van der Waals surface area contributed by atoms with Crippen LogP contribution < -0.4 is 0 Å². The second-order valence-corrected chi connectivity index (χ2v) is 13.4. The Morgan fingerprint density at radius 2 is 0.594 bits per heavy atom. The van der Waals surface area contributed by atoms with Crippen LogP contribution in [0.2, 0.25) is 0 Å². The van der Waals surface area contributed by atoms with Crippen molar-refractivity contribution in [1.82, 2.24) is 0 Å². The lowest BCUT2D eigenvalue weighted by Gasteiger charge is -2.07. The Hall–Kier alpha value is -0.180. The molecular formula is C24H50O6S2. The Bertz CT molecular complexity index is 548. The molecule has 0 radical (unpaired) electrons. The predicted octanol–water partition coefficient (Wildman–Crippen LogP) is 7.44. The van der Waals surface area contributed by atoms with E-state index in [1.165, 1.54) is 77.0 Å². The third kappa shape index (κ3) is 18.3. The van der Waals surface area contributed by atoms with Crippen LogP contribution in [0.3, 0.4) is 0 Å². The fourth-order valence-electron chi connectivity index (χ4n) is 3.62. The van der Waals surface area contributed by atoms with E-state index in [4.69, 9.17) is 0 Å². The highest BCUT2D eigenvalue weighted by Gasteiger charge is 2.32. The molecule has 0 saturated carbocycles. The first-order chi connectivity index (χ1) is 15.4. The normalized spacial score (nSPS) is 12.4. The van der Waals surface area contributed by atoms with Gasteiger partial charge in [-0.2, -0.15) is 16.8 Å². The van der Waals surface area contributed by atoms with Gasteiger partial charge in [0.1, 0.15) is 0 Å². The molecule has 0 N–H and O–H groups in total. The maximum Gasteiger partial charge on any atom is 0.400 e. The molecule has 6 nitrogen and oxygen atoms in total. The van der Waals surface area contributed by atoms with Gasteiger partial charge in [0.05, 0.1) is 13.2 Å². The zero-order chi connectivity index (χ0) is 24.0. The van der Waals surface area contributed by atoms with Crippen LogP contribution in [0.4, 0.5) is 0 Å². The van der Waals surface area contributed by atoms with Crippen molar-refractivity contribution in [3.8, 4) is 0 Å². The SMILES string of the molecule is CCCCCCCCCCCCOS(=O)(=O)S(=O)(=O)OCCCCCCCCCCCC. The molecular weight excluding hydrogens is 448 g/mol. The summed E-state index contributed by atoms with van der Waals surface area (Å²) in [5, 5.41) is 0. The maximum absolute atomic E-state index is 11.9.